The van der Waals surface area contributed by atoms with E-state index in [-0.39, 0.29) is 11.7 Å². The molecule has 4 nitrogen and oxygen atoms in total. The minimum Gasteiger partial charge on any atom is -0.494 e. The van der Waals surface area contributed by atoms with Crippen molar-refractivity contribution in [3.8, 4) is 5.75 Å². The maximum atomic E-state index is 13.1. The van der Waals surface area contributed by atoms with Gasteiger partial charge in [-0.15, -0.1) is 0 Å². The molecule has 2 aromatic rings. The van der Waals surface area contributed by atoms with Crippen molar-refractivity contribution in [1.82, 2.24) is 9.80 Å². The fourth-order valence-corrected chi connectivity index (χ4v) is 3.09. The predicted octanol–water partition coefficient (Wildman–Crippen LogP) is 3.85. The summed E-state index contributed by atoms with van der Waals surface area (Å²) in [5.41, 5.74) is 2.11. The number of hydrogen-bond donors (Lipinski definition) is 0. The Kier molecular flexibility index (Phi) is 6.45. The second kappa shape index (κ2) is 9.00. The van der Waals surface area contributed by atoms with Crippen LogP contribution < -0.4 is 4.74 Å². The first-order chi connectivity index (χ1) is 13.0. The Labute approximate surface area is 160 Å². The van der Waals surface area contributed by atoms with Crippen LogP contribution in [0.1, 0.15) is 30.9 Å². The van der Waals surface area contributed by atoms with Gasteiger partial charge < -0.3 is 9.64 Å². The van der Waals surface area contributed by atoms with Crippen molar-refractivity contribution in [2.24, 2.45) is 0 Å². The number of likely N-dealkylation sites (N-methyl/N-ethyl adjacent to an activating group) is 1. The Morgan fingerprint density at radius 1 is 1.04 bits per heavy atom. The van der Waals surface area contributed by atoms with Crippen LogP contribution in [-0.2, 0) is 17.9 Å². The Morgan fingerprint density at radius 2 is 1.63 bits per heavy atom. The van der Waals surface area contributed by atoms with Gasteiger partial charge >= 0.3 is 0 Å². The molecule has 1 fully saturated rings. The van der Waals surface area contributed by atoms with E-state index in [9.17, 15) is 9.18 Å². The van der Waals surface area contributed by atoms with Gasteiger partial charge in [0.1, 0.15) is 11.6 Å². The lowest BCUT2D eigenvalue weighted by Crippen LogP contribution is -2.38. The number of amides is 1. The fraction of sp³-hybridized carbons (Fsp3) is 0.409. The largest absolute Gasteiger partial charge is 0.494 e. The van der Waals surface area contributed by atoms with Crippen LogP contribution in [0.3, 0.4) is 0 Å². The van der Waals surface area contributed by atoms with E-state index in [4.69, 9.17) is 4.74 Å². The molecular weight excluding hydrogens is 343 g/mol. The second-order valence-electron chi connectivity index (χ2n) is 7.09. The first-order valence-electron chi connectivity index (χ1n) is 9.49. The topological polar surface area (TPSA) is 32.8 Å². The van der Waals surface area contributed by atoms with E-state index >= 15 is 0 Å². The Bertz CT molecular complexity index is 742. The predicted molar refractivity (Wildman–Crippen MR) is 104 cm³/mol. The van der Waals surface area contributed by atoms with Gasteiger partial charge in [0, 0.05) is 26.2 Å². The van der Waals surface area contributed by atoms with Crippen molar-refractivity contribution >= 4 is 5.91 Å². The van der Waals surface area contributed by atoms with Crippen LogP contribution in [-0.4, -0.2) is 41.9 Å². The fourth-order valence-electron chi connectivity index (χ4n) is 3.09. The van der Waals surface area contributed by atoms with Crippen molar-refractivity contribution in [2.75, 3.05) is 20.2 Å². The molecule has 0 aliphatic heterocycles. The van der Waals surface area contributed by atoms with E-state index in [1.54, 1.807) is 17.0 Å². The monoisotopic (exact) mass is 370 g/mol. The molecule has 1 aliphatic rings. The Balaban J connectivity index is 1.55. The molecule has 144 valence electrons. The highest BCUT2D eigenvalue weighted by Gasteiger charge is 2.31. The third-order valence-electron chi connectivity index (χ3n) is 4.78. The molecule has 27 heavy (non-hydrogen) atoms. The average Bonchev–Trinajstić information content (AvgIpc) is 3.50. The molecule has 0 bridgehead atoms. The molecule has 0 atom stereocenters. The number of rotatable bonds is 9. The summed E-state index contributed by atoms with van der Waals surface area (Å²) >= 11 is 0. The lowest BCUT2D eigenvalue weighted by atomic mass is 10.2. The summed E-state index contributed by atoms with van der Waals surface area (Å²) in [6.45, 7) is 4.23. The molecule has 0 radical (unpaired) electrons. The van der Waals surface area contributed by atoms with E-state index < -0.39 is 0 Å². The molecule has 3 rings (SSSR count). The maximum Gasteiger partial charge on any atom is 0.236 e. The van der Waals surface area contributed by atoms with E-state index in [1.807, 2.05) is 38.2 Å². The van der Waals surface area contributed by atoms with Crippen molar-refractivity contribution in [3.05, 3.63) is 65.5 Å². The van der Waals surface area contributed by atoms with Crippen LogP contribution in [0.15, 0.2) is 48.5 Å². The molecule has 5 heteroatoms. The van der Waals surface area contributed by atoms with Crippen LogP contribution in [0.4, 0.5) is 4.39 Å². The molecule has 0 N–H and O–H groups in total. The Hall–Kier alpha value is -2.40. The highest BCUT2D eigenvalue weighted by Crippen LogP contribution is 2.28. The Morgan fingerprint density at radius 3 is 2.22 bits per heavy atom. The third kappa shape index (κ3) is 5.79. The van der Waals surface area contributed by atoms with E-state index in [1.165, 1.54) is 12.1 Å². The normalized spacial score (nSPS) is 13.6. The molecule has 0 aromatic heterocycles. The van der Waals surface area contributed by atoms with Gasteiger partial charge in [-0.1, -0.05) is 24.3 Å². The van der Waals surface area contributed by atoms with Gasteiger partial charge in [0.2, 0.25) is 5.91 Å². The van der Waals surface area contributed by atoms with Crippen LogP contribution >= 0.6 is 0 Å². The van der Waals surface area contributed by atoms with Crippen LogP contribution in [0.25, 0.3) is 0 Å². The molecule has 0 unspecified atom stereocenters. The molecule has 2 aromatic carbocycles. The molecule has 1 amide bonds. The second-order valence-corrected chi connectivity index (χ2v) is 7.09. The zero-order valence-electron chi connectivity index (χ0n) is 16.0. The van der Waals surface area contributed by atoms with Gasteiger partial charge in [-0.3, -0.25) is 9.69 Å². The highest BCUT2D eigenvalue weighted by atomic mass is 19.1. The third-order valence-corrected chi connectivity index (χ3v) is 4.78. The minimum absolute atomic E-state index is 0.0953. The quantitative estimate of drug-likeness (QED) is 0.672. The number of carbonyl (C=O) groups is 1. The van der Waals surface area contributed by atoms with Gasteiger partial charge in [0.15, 0.2) is 0 Å². The summed E-state index contributed by atoms with van der Waals surface area (Å²) in [6.07, 6.45) is 2.24. The zero-order valence-corrected chi connectivity index (χ0v) is 16.0. The smallest absolute Gasteiger partial charge is 0.236 e. The number of halogens is 1. The summed E-state index contributed by atoms with van der Waals surface area (Å²) < 4.78 is 18.6. The molecular formula is C22H27FN2O2. The summed E-state index contributed by atoms with van der Waals surface area (Å²) in [4.78, 5) is 16.7. The molecule has 1 aliphatic carbocycles. The lowest BCUT2D eigenvalue weighted by Gasteiger charge is -2.25. The molecule has 0 saturated heterocycles. The van der Waals surface area contributed by atoms with Gasteiger partial charge in [0.25, 0.3) is 0 Å². The van der Waals surface area contributed by atoms with Gasteiger partial charge in [-0.05, 0) is 55.2 Å². The number of nitrogens with zero attached hydrogens (tertiary/aromatic N) is 2. The number of hydrogen-bond acceptors (Lipinski definition) is 3. The van der Waals surface area contributed by atoms with Crippen molar-refractivity contribution in [3.63, 3.8) is 0 Å². The van der Waals surface area contributed by atoms with Crippen molar-refractivity contribution in [2.45, 2.75) is 38.9 Å². The first-order valence-corrected chi connectivity index (χ1v) is 9.49. The number of benzene rings is 2. The van der Waals surface area contributed by atoms with Gasteiger partial charge in [-0.2, -0.15) is 0 Å². The summed E-state index contributed by atoms with van der Waals surface area (Å²) in [5, 5.41) is 0. The van der Waals surface area contributed by atoms with Crippen LogP contribution in [0.2, 0.25) is 0 Å². The average molecular weight is 370 g/mol. The SMILES string of the molecule is CCOc1ccc(CN(C)C(=O)CN(Cc2ccc(F)cc2)C2CC2)cc1. The van der Waals surface area contributed by atoms with Crippen molar-refractivity contribution < 1.29 is 13.9 Å². The molecule has 0 heterocycles. The lowest BCUT2D eigenvalue weighted by molar-refractivity contribution is -0.132. The van der Waals surface area contributed by atoms with Gasteiger partial charge in [0.05, 0.1) is 13.2 Å². The van der Waals surface area contributed by atoms with E-state index in [2.05, 4.69) is 4.90 Å². The minimum atomic E-state index is -0.233. The van der Waals surface area contributed by atoms with Crippen LogP contribution in [0.5, 0.6) is 5.75 Å². The van der Waals surface area contributed by atoms with E-state index in [0.29, 0.717) is 32.3 Å². The molecule has 0 spiro atoms. The summed E-state index contributed by atoms with van der Waals surface area (Å²) in [5.74, 6) is 0.704. The first kappa shape index (κ1) is 19.4. The highest BCUT2D eigenvalue weighted by molar-refractivity contribution is 5.78. The number of carbonyl (C=O) groups excluding carboxylic acids is 1. The summed E-state index contributed by atoms with van der Waals surface area (Å²) in [6, 6.07) is 14.8. The number of ether oxygens (including phenoxy) is 1. The van der Waals surface area contributed by atoms with Crippen molar-refractivity contribution in [1.29, 1.82) is 0 Å². The summed E-state index contributed by atoms with van der Waals surface area (Å²) in [7, 11) is 1.84. The maximum absolute atomic E-state index is 13.1. The van der Waals surface area contributed by atoms with Crippen LogP contribution in [0, 0.1) is 5.82 Å². The zero-order chi connectivity index (χ0) is 19.2. The standard InChI is InChI=1S/C22H27FN2O2/c1-3-27-21-12-6-17(7-13-21)14-24(2)22(26)16-25(20-10-11-20)15-18-4-8-19(23)9-5-18/h4-9,12-13,20H,3,10-11,14-16H2,1-2H3. The van der Waals surface area contributed by atoms with E-state index in [0.717, 1.165) is 29.7 Å². The molecule has 1 saturated carbocycles. The van der Waals surface area contributed by atoms with Gasteiger partial charge in [-0.25, -0.2) is 4.39 Å².